The van der Waals surface area contributed by atoms with Crippen molar-refractivity contribution in [1.29, 1.82) is 0 Å². The molecule has 150 valence electrons. The van der Waals surface area contributed by atoms with Crippen LogP contribution in [0.2, 0.25) is 0 Å². The van der Waals surface area contributed by atoms with Gasteiger partial charge in [0.25, 0.3) is 0 Å². The van der Waals surface area contributed by atoms with E-state index in [1.54, 1.807) is 0 Å². The van der Waals surface area contributed by atoms with Crippen LogP contribution in [0.4, 0.5) is 11.6 Å². The summed E-state index contributed by atoms with van der Waals surface area (Å²) < 4.78 is 0. The van der Waals surface area contributed by atoms with Crippen LogP contribution in [-0.2, 0) is 6.42 Å². The van der Waals surface area contributed by atoms with E-state index in [1.807, 2.05) is 0 Å². The number of anilines is 2. The number of aliphatic hydroxyl groups excluding tert-OH is 1. The molecule has 2 saturated heterocycles. The maximum absolute atomic E-state index is 9.42. The molecule has 1 N–H and O–H groups in total. The predicted octanol–water partition coefficient (Wildman–Crippen LogP) is 3.65. The van der Waals surface area contributed by atoms with E-state index < -0.39 is 0 Å². The van der Waals surface area contributed by atoms with E-state index in [2.05, 4.69) is 43.6 Å². The van der Waals surface area contributed by atoms with E-state index in [0.29, 0.717) is 29.4 Å². The first-order valence-electron chi connectivity index (χ1n) is 10.8. The number of aryl methyl sites for hydroxylation is 1. The van der Waals surface area contributed by atoms with E-state index in [9.17, 15) is 5.11 Å². The van der Waals surface area contributed by atoms with Gasteiger partial charge in [-0.15, -0.1) is 0 Å². The fourth-order valence-electron chi connectivity index (χ4n) is 6.01. The molecule has 2 aliphatic heterocycles. The van der Waals surface area contributed by atoms with Crippen molar-refractivity contribution in [2.24, 2.45) is 16.7 Å². The summed E-state index contributed by atoms with van der Waals surface area (Å²) in [5.41, 5.74) is 0.825. The molecule has 1 saturated carbocycles. The quantitative estimate of drug-likeness (QED) is 0.874. The van der Waals surface area contributed by atoms with Crippen molar-refractivity contribution in [3.8, 4) is 0 Å². The highest BCUT2D eigenvalue weighted by Gasteiger charge is 2.50. The van der Waals surface area contributed by atoms with Gasteiger partial charge in [0, 0.05) is 44.8 Å². The number of aromatic nitrogens is 2. The molecule has 5 nitrogen and oxygen atoms in total. The smallest absolute Gasteiger partial charge is 0.134 e. The molecule has 4 rings (SSSR count). The minimum Gasteiger partial charge on any atom is -0.396 e. The molecule has 3 heterocycles. The standard InChI is InChI=1S/C22H36N4O/c1-5-18-23-19(25-8-6-16(13-27)7-9-25)10-20(24-18)26-15-22(4)12-17(26)11-21(2,3)14-22/h10,16-17,27H,5-9,11-15H2,1-4H3. The molecule has 0 aromatic carbocycles. The van der Waals surface area contributed by atoms with Gasteiger partial charge in [-0.05, 0) is 48.9 Å². The minimum atomic E-state index is 0.312. The van der Waals surface area contributed by atoms with Crippen molar-refractivity contribution < 1.29 is 5.11 Å². The lowest BCUT2D eigenvalue weighted by atomic mass is 9.65. The molecular weight excluding hydrogens is 336 g/mol. The number of fused-ring (bicyclic) bond motifs is 2. The van der Waals surface area contributed by atoms with E-state index in [4.69, 9.17) is 9.97 Å². The Morgan fingerprint density at radius 1 is 1.11 bits per heavy atom. The summed E-state index contributed by atoms with van der Waals surface area (Å²) in [6.07, 6.45) is 6.83. The molecule has 3 fully saturated rings. The van der Waals surface area contributed by atoms with Crippen LogP contribution in [-0.4, -0.2) is 47.4 Å². The number of aliphatic hydroxyl groups is 1. The predicted molar refractivity (Wildman–Crippen MR) is 110 cm³/mol. The lowest BCUT2D eigenvalue weighted by molar-refractivity contribution is 0.136. The molecule has 2 atom stereocenters. The maximum Gasteiger partial charge on any atom is 0.134 e. The van der Waals surface area contributed by atoms with Crippen molar-refractivity contribution in [2.75, 3.05) is 36.0 Å². The summed E-state index contributed by atoms with van der Waals surface area (Å²) in [4.78, 5) is 14.8. The van der Waals surface area contributed by atoms with Crippen LogP contribution in [0, 0.1) is 16.7 Å². The first-order valence-corrected chi connectivity index (χ1v) is 10.8. The minimum absolute atomic E-state index is 0.312. The van der Waals surface area contributed by atoms with Gasteiger partial charge < -0.3 is 14.9 Å². The number of nitrogens with zero attached hydrogens (tertiary/aromatic N) is 4. The highest BCUT2D eigenvalue weighted by Crippen LogP contribution is 2.53. The largest absolute Gasteiger partial charge is 0.396 e. The fraction of sp³-hybridized carbons (Fsp3) is 0.818. The second-order valence-corrected chi connectivity index (χ2v) is 10.3. The average Bonchev–Trinajstić information content (AvgIpc) is 2.90. The van der Waals surface area contributed by atoms with Gasteiger partial charge in [-0.3, -0.25) is 0 Å². The second kappa shape index (κ2) is 6.91. The van der Waals surface area contributed by atoms with Crippen LogP contribution in [0.5, 0.6) is 0 Å². The lowest BCUT2D eigenvalue weighted by Gasteiger charge is -2.39. The molecule has 5 heteroatoms. The van der Waals surface area contributed by atoms with Gasteiger partial charge in [-0.1, -0.05) is 27.7 Å². The van der Waals surface area contributed by atoms with E-state index in [-0.39, 0.29) is 0 Å². The molecule has 1 aromatic rings. The van der Waals surface area contributed by atoms with Crippen molar-refractivity contribution in [3.63, 3.8) is 0 Å². The number of rotatable bonds is 4. The molecule has 0 amide bonds. The Kier molecular flexibility index (Phi) is 4.86. The van der Waals surface area contributed by atoms with Crippen LogP contribution in [0.25, 0.3) is 0 Å². The zero-order valence-corrected chi connectivity index (χ0v) is 17.5. The van der Waals surface area contributed by atoms with Crippen LogP contribution >= 0.6 is 0 Å². The molecule has 1 aromatic heterocycles. The summed E-state index contributed by atoms with van der Waals surface area (Å²) in [7, 11) is 0. The van der Waals surface area contributed by atoms with Crippen LogP contribution in [0.3, 0.4) is 0 Å². The topological polar surface area (TPSA) is 52.5 Å². The lowest BCUT2D eigenvalue weighted by Crippen LogP contribution is -2.37. The molecular formula is C22H36N4O. The first kappa shape index (κ1) is 19.0. The summed E-state index contributed by atoms with van der Waals surface area (Å²) in [6, 6.07) is 2.83. The summed E-state index contributed by atoms with van der Waals surface area (Å²) in [6.45, 7) is 12.9. The maximum atomic E-state index is 9.42. The Balaban J connectivity index is 1.60. The molecule has 0 radical (unpaired) electrons. The Hall–Kier alpha value is -1.36. The summed E-state index contributed by atoms with van der Waals surface area (Å²) >= 11 is 0. The molecule has 2 unspecified atom stereocenters. The second-order valence-electron chi connectivity index (χ2n) is 10.3. The molecule has 0 spiro atoms. The van der Waals surface area contributed by atoms with Gasteiger partial charge in [0.2, 0.25) is 0 Å². The monoisotopic (exact) mass is 372 g/mol. The molecule has 3 aliphatic rings. The third-order valence-electron chi connectivity index (χ3n) is 6.97. The normalized spacial score (nSPS) is 30.8. The van der Waals surface area contributed by atoms with Gasteiger partial charge in [-0.25, -0.2) is 9.97 Å². The third-order valence-corrected chi connectivity index (χ3v) is 6.97. The van der Waals surface area contributed by atoms with Crippen molar-refractivity contribution in [3.05, 3.63) is 11.9 Å². The highest BCUT2D eigenvalue weighted by molar-refractivity contribution is 5.53. The van der Waals surface area contributed by atoms with Crippen molar-refractivity contribution in [1.82, 2.24) is 9.97 Å². The molecule has 1 aliphatic carbocycles. The average molecular weight is 373 g/mol. The Morgan fingerprint density at radius 2 is 1.81 bits per heavy atom. The highest BCUT2D eigenvalue weighted by atomic mass is 16.3. The molecule has 27 heavy (non-hydrogen) atoms. The Labute approximate surface area is 164 Å². The SMILES string of the molecule is CCc1nc(N2CCC(CO)CC2)cc(N2CC3(C)CC2CC(C)(C)C3)n1. The van der Waals surface area contributed by atoms with Crippen LogP contribution in [0.1, 0.15) is 65.6 Å². The van der Waals surface area contributed by atoms with E-state index in [0.717, 1.165) is 56.4 Å². The summed E-state index contributed by atoms with van der Waals surface area (Å²) in [5, 5.41) is 9.42. The number of hydrogen-bond donors (Lipinski definition) is 1. The fourth-order valence-corrected chi connectivity index (χ4v) is 6.01. The van der Waals surface area contributed by atoms with E-state index >= 15 is 0 Å². The summed E-state index contributed by atoms with van der Waals surface area (Å²) in [5.74, 6) is 3.62. The van der Waals surface area contributed by atoms with Gasteiger partial charge >= 0.3 is 0 Å². The van der Waals surface area contributed by atoms with Gasteiger partial charge in [0.15, 0.2) is 0 Å². The van der Waals surface area contributed by atoms with Gasteiger partial charge in [-0.2, -0.15) is 0 Å². The first-order chi connectivity index (χ1) is 12.8. The number of hydrogen-bond acceptors (Lipinski definition) is 5. The molecule has 2 bridgehead atoms. The van der Waals surface area contributed by atoms with Crippen molar-refractivity contribution in [2.45, 2.75) is 72.3 Å². The number of piperidine rings is 1. The Bertz CT molecular complexity index is 683. The van der Waals surface area contributed by atoms with Crippen molar-refractivity contribution >= 4 is 11.6 Å². The zero-order chi connectivity index (χ0) is 19.2. The zero-order valence-electron chi connectivity index (χ0n) is 17.5. The van der Waals surface area contributed by atoms with Gasteiger partial charge in [0.1, 0.15) is 17.5 Å². The Morgan fingerprint density at radius 3 is 2.48 bits per heavy atom. The van der Waals surface area contributed by atoms with Gasteiger partial charge in [0.05, 0.1) is 0 Å². The van der Waals surface area contributed by atoms with Crippen LogP contribution in [0.15, 0.2) is 6.07 Å². The van der Waals surface area contributed by atoms with Crippen LogP contribution < -0.4 is 9.80 Å². The third kappa shape index (κ3) is 3.80. The van der Waals surface area contributed by atoms with E-state index in [1.165, 1.54) is 19.3 Å².